The van der Waals surface area contributed by atoms with Crippen LogP contribution in [0.15, 0.2) is 0 Å². The normalized spacial score (nSPS) is 31.6. The zero-order chi connectivity index (χ0) is 9.53. The molecule has 1 saturated heterocycles. The summed E-state index contributed by atoms with van der Waals surface area (Å²) in [6.45, 7) is 4.52. The molecule has 76 valence electrons. The summed E-state index contributed by atoms with van der Waals surface area (Å²) < 4.78 is 0. The summed E-state index contributed by atoms with van der Waals surface area (Å²) >= 11 is 0. The zero-order valence-electron chi connectivity index (χ0n) is 8.34. The van der Waals surface area contributed by atoms with Crippen molar-refractivity contribution in [3.63, 3.8) is 0 Å². The van der Waals surface area contributed by atoms with Crippen molar-refractivity contribution in [1.29, 1.82) is 0 Å². The highest BCUT2D eigenvalue weighted by Gasteiger charge is 2.54. The molecule has 2 rings (SSSR count). The van der Waals surface area contributed by atoms with Crippen LogP contribution in [0.1, 0.15) is 26.2 Å². The van der Waals surface area contributed by atoms with Crippen molar-refractivity contribution in [3.8, 4) is 0 Å². The fourth-order valence-corrected chi connectivity index (χ4v) is 2.64. The molecule has 13 heavy (non-hydrogen) atoms. The third kappa shape index (κ3) is 1.14. The van der Waals surface area contributed by atoms with Gasteiger partial charge in [0.25, 0.3) is 0 Å². The molecule has 0 aromatic rings. The number of aliphatic hydroxyl groups is 1. The Labute approximate surface area is 79.7 Å². The van der Waals surface area contributed by atoms with Gasteiger partial charge in [-0.05, 0) is 19.8 Å². The average molecular weight is 184 g/mol. The summed E-state index contributed by atoms with van der Waals surface area (Å²) in [6.07, 6.45) is 3.44. The lowest BCUT2D eigenvalue weighted by atomic mass is 9.55. The monoisotopic (exact) mass is 184 g/mol. The van der Waals surface area contributed by atoms with E-state index in [-0.39, 0.29) is 5.41 Å². The molecule has 1 unspecified atom stereocenters. The highest BCUT2D eigenvalue weighted by molar-refractivity contribution is 5.07. The van der Waals surface area contributed by atoms with Crippen LogP contribution in [-0.4, -0.2) is 30.3 Å². The first-order valence-corrected chi connectivity index (χ1v) is 5.25. The summed E-state index contributed by atoms with van der Waals surface area (Å²) in [7, 11) is 0. The topological polar surface area (TPSA) is 58.3 Å². The molecule has 1 heterocycles. The molecule has 0 radical (unpaired) electrons. The Bertz CT molecular complexity index is 190. The van der Waals surface area contributed by atoms with Gasteiger partial charge in [-0.15, -0.1) is 0 Å². The first-order chi connectivity index (χ1) is 6.12. The molecule has 3 nitrogen and oxygen atoms in total. The fourth-order valence-electron chi connectivity index (χ4n) is 2.64. The van der Waals surface area contributed by atoms with Crippen LogP contribution in [0.25, 0.3) is 0 Å². The lowest BCUT2D eigenvalue weighted by molar-refractivity contribution is -0.156. The Morgan fingerprint density at radius 2 is 2.15 bits per heavy atom. The minimum absolute atomic E-state index is 0.0275. The third-order valence-electron chi connectivity index (χ3n) is 4.35. The van der Waals surface area contributed by atoms with Gasteiger partial charge in [0.1, 0.15) is 0 Å². The van der Waals surface area contributed by atoms with E-state index in [1.807, 2.05) is 6.92 Å². The number of nitrogens with one attached hydrogen (secondary N) is 1. The maximum absolute atomic E-state index is 10.5. The first kappa shape index (κ1) is 9.44. The summed E-state index contributed by atoms with van der Waals surface area (Å²) in [5.74, 6) is 0.413. The zero-order valence-corrected chi connectivity index (χ0v) is 8.34. The summed E-state index contributed by atoms with van der Waals surface area (Å²) in [4.78, 5) is 0. The van der Waals surface area contributed by atoms with Crippen LogP contribution in [0, 0.1) is 11.3 Å². The summed E-state index contributed by atoms with van der Waals surface area (Å²) in [5.41, 5.74) is 5.27. The van der Waals surface area contributed by atoms with Crippen LogP contribution in [-0.2, 0) is 0 Å². The molecule has 0 spiro atoms. The first-order valence-electron chi connectivity index (χ1n) is 5.25. The van der Waals surface area contributed by atoms with Crippen molar-refractivity contribution in [2.45, 2.75) is 31.8 Å². The maximum Gasteiger partial charge on any atom is 0.0740 e. The molecule has 1 aliphatic heterocycles. The van der Waals surface area contributed by atoms with E-state index in [9.17, 15) is 5.11 Å². The van der Waals surface area contributed by atoms with Crippen molar-refractivity contribution in [2.24, 2.45) is 17.1 Å². The second-order valence-electron chi connectivity index (χ2n) is 4.84. The summed E-state index contributed by atoms with van der Waals surface area (Å²) in [5, 5.41) is 13.7. The van der Waals surface area contributed by atoms with Gasteiger partial charge in [0, 0.05) is 31.0 Å². The van der Waals surface area contributed by atoms with Gasteiger partial charge in [-0.3, -0.25) is 0 Å². The van der Waals surface area contributed by atoms with E-state index in [2.05, 4.69) is 5.32 Å². The minimum atomic E-state index is -0.550. The van der Waals surface area contributed by atoms with E-state index < -0.39 is 5.60 Å². The van der Waals surface area contributed by atoms with E-state index in [0.29, 0.717) is 12.5 Å². The Hall–Kier alpha value is -0.120. The Kier molecular flexibility index (Phi) is 2.13. The van der Waals surface area contributed by atoms with Gasteiger partial charge in [0.05, 0.1) is 5.60 Å². The quantitative estimate of drug-likeness (QED) is 0.582. The van der Waals surface area contributed by atoms with E-state index in [0.717, 1.165) is 25.9 Å². The molecule has 0 aromatic heterocycles. The smallest absolute Gasteiger partial charge is 0.0740 e. The van der Waals surface area contributed by atoms with E-state index in [1.165, 1.54) is 6.42 Å². The largest absolute Gasteiger partial charge is 0.389 e. The van der Waals surface area contributed by atoms with E-state index >= 15 is 0 Å². The number of hydrogen-bond acceptors (Lipinski definition) is 3. The van der Waals surface area contributed by atoms with Gasteiger partial charge < -0.3 is 16.2 Å². The molecular formula is C10H20N2O. The standard InChI is InChI=1S/C10H20N2O/c1-9(13,8-5-12-6-8)10(7-11)3-2-4-10/h8,12-13H,2-7,11H2,1H3. The Balaban J connectivity index is 2.10. The van der Waals surface area contributed by atoms with Gasteiger partial charge in [0.15, 0.2) is 0 Å². The Morgan fingerprint density at radius 3 is 2.38 bits per heavy atom. The molecule has 0 aromatic carbocycles. The molecule has 1 saturated carbocycles. The van der Waals surface area contributed by atoms with Crippen LogP contribution in [0.5, 0.6) is 0 Å². The van der Waals surface area contributed by atoms with Gasteiger partial charge in [0.2, 0.25) is 0 Å². The molecule has 1 atom stereocenters. The molecular weight excluding hydrogens is 164 g/mol. The fraction of sp³-hybridized carbons (Fsp3) is 1.00. The second kappa shape index (κ2) is 2.94. The van der Waals surface area contributed by atoms with Crippen molar-refractivity contribution in [2.75, 3.05) is 19.6 Å². The van der Waals surface area contributed by atoms with Gasteiger partial charge in [-0.25, -0.2) is 0 Å². The van der Waals surface area contributed by atoms with Crippen molar-refractivity contribution < 1.29 is 5.11 Å². The predicted octanol–water partition coefficient (Wildman–Crippen LogP) is 0.0858. The average Bonchev–Trinajstić information content (AvgIpc) is 1.78. The number of hydrogen-bond donors (Lipinski definition) is 3. The number of rotatable bonds is 3. The molecule has 0 bridgehead atoms. The van der Waals surface area contributed by atoms with Gasteiger partial charge >= 0.3 is 0 Å². The number of nitrogens with two attached hydrogens (primary N) is 1. The predicted molar refractivity (Wildman–Crippen MR) is 52.3 cm³/mol. The van der Waals surface area contributed by atoms with E-state index in [4.69, 9.17) is 5.73 Å². The van der Waals surface area contributed by atoms with Crippen LogP contribution < -0.4 is 11.1 Å². The third-order valence-corrected chi connectivity index (χ3v) is 4.35. The van der Waals surface area contributed by atoms with Crippen molar-refractivity contribution in [3.05, 3.63) is 0 Å². The lowest BCUT2D eigenvalue weighted by Crippen LogP contribution is -2.65. The van der Waals surface area contributed by atoms with Gasteiger partial charge in [-0.2, -0.15) is 0 Å². The highest BCUT2D eigenvalue weighted by Crippen LogP contribution is 2.51. The van der Waals surface area contributed by atoms with E-state index in [1.54, 1.807) is 0 Å². The van der Waals surface area contributed by atoms with Crippen molar-refractivity contribution >= 4 is 0 Å². The highest BCUT2D eigenvalue weighted by atomic mass is 16.3. The second-order valence-corrected chi connectivity index (χ2v) is 4.84. The molecule has 0 amide bonds. The SMILES string of the molecule is CC(O)(C1CNC1)C1(CN)CCC1. The Morgan fingerprint density at radius 1 is 1.54 bits per heavy atom. The summed E-state index contributed by atoms with van der Waals surface area (Å²) in [6, 6.07) is 0. The lowest BCUT2D eigenvalue weighted by Gasteiger charge is -2.56. The minimum Gasteiger partial charge on any atom is -0.389 e. The maximum atomic E-state index is 10.5. The molecule has 1 aliphatic carbocycles. The van der Waals surface area contributed by atoms with Crippen LogP contribution >= 0.6 is 0 Å². The van der Waals surface area contributed by atoms with Gasteiger partial charge in [-0.1, -0.05) is 6.42 Å². The van der Waals surface area contributed by atoms with Crippen LogP contribution in [0.2, 0.25) is 0 Å². The molecule has 2 fully saturated rings. The molecule has 3 heteroatoms. The van der Waals surface area contributed by atoms with Crippen LogP contribution in [0.3, 0.4) is 0 Å². The van der Waals surface area contributed by atoms with Crippen LogP contribution in [0.4, 0.5) is 0 Å². The molecule has 2 aliphatic rings. The molecule has 4 N–H and O–H groups in total. The van der Waals surface area contributed by atoms with Crippen molar-refractivity contribution in [1.82, 2.24) is 5.32 Å².